The Morgan fingerprint density at radius 2 is 2.17 bits per heavy atom. The lowest BCUT2D eigenvalue weighted by Crippen LogP contribution is -2.48. The number of aryl methyl sites for hydroxylation is 1. The summed E-state index contributed by atoms with van der Waals surface area (Å²) in [6.07, 6.45) is 0. The average molecular weight is 264 g/mol. The first-order chi connectivity index (χ1) is 8.50. The van der Waals surface area contributed by atoms with E-state index in [0.29, 0.717) is 16.5 Å². The molecule has 1 aliphatic rings. The standard InChI is InChI=1S/C14H20N2OS/c1-9-4-5-13(15)12(8-9)14(17)16-6-7-18-11(3)10(16)2/h4-5,8,10-11H,6-7,15H2,1-3H3. The van der Waals surface area contributed by atoms with Gasteiger partial charge in [0.05, 0.1) is 5.56 Å². The van der Waals surface area contributed by atoms with Crippen molar-refractivity contribution in [1.82, 2.24) is 4.90 Å². The number of rotatable bonds is 1. The van der Waals surface area contributed by atoms with Crippen LogP contribution in [-0.4, -0.2) is 34.4 Å². The van der Waals surface area contributed by atoms with E-state index in [1.807, 2.05) is 41.8 Å². The average Bonchev–Trinajstić information content (AvgIpc) is 2.35. The molecule has 0 saturated carbocycles. The van der Waals surface area contributed by atoms with Gasteiger partial charge >= 0.3 is 0 Å². The summed E-state index contributed by atoms with van der Waals surface area (Å²) in [7, 11) is 0. The minimum absolute atomic E-state index is 0.0656. The van der Waals surface area contributed by atoms with Crippen LogP contribution in [0.1, 0.15) is 29.8 Å². The number of nitrogens with zero attached hydrogens (tertiary/aromatic N) is 1. The molecule has 1 aromatic carbocycles. The quantitative estimate of drug-likeness (QED) is 0.793. The van der Waals surface area contributed by atoms with Crippen LogP contribution in [0.25, 0.3) is 0 Å². The Labute approximate surface area is 113 Å². The van der Waals surface area contributed by atoms with Crippen LogP contribution in [0.15, 0.2) is 18.2 Å². The fourth-order valence-corrected chi connectivity index (χ4v) is 3.33. The number of hydrogen-bond acceptors (Lipinski definition) is 3. The van der Waals surface area contributed by atoms with Crippen molar-refractivity contribution in [2.75, 3.05) is 18.0 Å². The van der Waals surface area contributed by atoms with Crippen molar-refractivity contribution in [1.29, 1.82) is 0 Å². The van der Waals surface area contributed by atoms with Crippen molar-refractivity contribution < 1.29 is 4.79 Å². The normalized spacial score (nSPS) is 24.1. The van der Waals surface area contributed by atoms with Crippen molar-refractivity contribution in [3.63, 3.8) is 0 Å². The number of carbonyl (C=O) groups is 1. The number of nitrogen functional groups attached to an aromatic ring is 1. The van der Waals surface area contributed by atoms with Crippen LogP contribution >= 0.6 is 11.8 Å². The topological polar surface area (TPSA) is 46.3 Å². The lowest BCUT2D eigenvalue weighted by atomic mass is 10.1. The molecule has 0 radical (unpaired) electrons. The minimum atomic E-state index is 0.0656. The van der Waals surface area contributed by atoms with Crippen molar-refractivity contribution in [2.24, 2.45) is 0 Å². The molecule has 3 nitrogen and oxygen atoms in total. The van der Waals surface area contributed by atoms with Crippen molar-refractivity contribution in [3.8, 4) is 0 Å². The van der Waals surface area contributed by atoms with Crippen LogP contribution in [0.3, 0.4) is 0 Å². The van der Waals surface area contributed by atoms with Crippen LogP contribution in [0.5, 0.6) is 0 Å². The molecule has 1 aromatic rings. The monoisotopic (exact) mass is 264 g/mol. The third kappa shape index (κ3) is 2.48. The van der Waals surface area contributed by atoms with Crippen molar-refractivity contribution >= 4 is 23.4 Å². The second kappa shape index (κ2) is 5.22. The van der Waals surface area contributed by atoms with Crippen molar-refractivity contribution in [3.05, 3.63) is 29.3 Å². The summed E-state index contributed by atoms with van der Waals surface area (Å²) in [6.45, 7) is 7.08. The van der Waals surface area contributed by atoms with Crippen LogP contribution in [0.2, 0.25) is 0 Å². The molecule has 98 valence electrons. The third-order valence-electron chi connectivity index (χ3n) is 3.58. The van der Waals surface area contributed by atoms with Gasteiger partial charge in [-0.05, 0) is 26.0 Å². The van der Waals surface area contributed by atoms with E-state index in [1.54, 1.807) is 0 Å². The molecule has 0 spiro atoms. The number of amides is 1. The van der Waals surface area contributed by atoms with Crippen LogP contribution < -0.4 is 5.73 Å². The SMILES string of the molecule is Cc1ccc(N)c(C(=O)N2CCSC(C)C2C)c1. The van der Waals surface area contributed by atoms with Gasteiger partial charge in [-0.15, -0.1) is 0 Å². The maximum Gasteiger partial charge on any atom is 0.256 e. The van der Waals surface area contributed by atoms with Crippen LogP contribution in [0.4, 0.5) is 5.69 Å². The van der Waals surface area contributed by atoms with Gasteiger partial charge in [0, 0.05) is 29.3 Å². The Morgan fingerprint density at radius 1 is 1.44 bits per heavy atom. The Hall–Kier alpha value is -1.16. The number of anilines is 1. The molecular formula is C14H20N2OS. The number of carbonyl (C=O) groups excluding carboxylic acids is 1. The van der Waals surface area contributed by atoms with E-state index in [1.165, 1.54) is 0 Å². The zero-order valence-corrected chi connectivity index (χ0v) is 12.0. The molecule has 4 heteroatoms. The van der Waals surface area contributed by atoms with Gasteiger partial charge in [-0.2, -0.15) is 11.8 Å². The highest BCUT2D eigenvalue weighted by Crippen LogP contribution is 2.27. The lowest BCUT2D eigenvalue weighted by Gasteiger charge is -2.37. The molecule has 1 heterocycles. The number of hydrogen-bond donors (Lipinski definition) is 1. The molecule has 0 bridgehead atoms. The number of thioether (sulfide) groups is 1. The summed E-state index contributed by atoms with van der Waals surface area (Å²) in [6, 6.07) is 5.90. The fourth-order valence-electron chi connectivity index (χ4n) is 2.23. The van der Waals surface area contributed by atoms with E-state index in [2.05, 4.69) is 13.8 Å². The number of nitrogens with two attached hydrogens (primary N) is 1. The summed E-state index contributed by atoms with van der Waals surface area (Å²) in [5.74, 6) is 1.07. The first kappa shape index (κ1) is 13.3. The zero-order valence-electron chi connectivity index (χ0n) is 11.1. The second-order valence-corrected chi connectivity index (χ2v) is 6.39. The molecular weight excluding hydrogens is 244 g/mol. The Morgan fingerprint density at radius 3 is 2.89 bits per heavy atom. The molecule has 0 aromatic heterocycles. The minimum Gasteiger partial charge on any atom is -0.398 e. The highest BCUT2D eigenvalue weighted by molar-refractivity contribution is 8.00. The molecule has 1 amide bonds. The fraction of sp³-hybridized carbons (Fsp3) is 0.500. The summed E-state index contributed by atoms with van der Waals surface area (Å²) in [5.41, 5.74) is 8.21. The summed E-state index contributed by atoms with van der Waals surface area (Å²) in [4.78, 5) is 14.5. The van der Waals surface area contributed by atoms with Gasteiger partial charge in [0.15, 0.2) is 0 Å². The van der Waals surface area contributed by atoms with E-state index in [4.69, 9.17) is 5.73 Å². The van der Waals surface area contributed by atoms with Crippen molar-refractivity contribution in [2.45, 2.75) is 32.1 Å². The molecule has 2 N–H and O–H groups in total. The first-order valence-corrected chi connectivity index (χ1v) is 7.34. The predicted octanol–water partition coefficient (Wildman–Crippen LogP) is 2.54. The van der Waals surface area contributed by atoms with Gasteiger partial charge in [-0.25, -0.2) is 0 Å². The van der Waals surface area contributed by atoms with Gasteiger partial charge in [0.2, 0.25) is 0 Å². The maximum absolute atomic E-state index is 12.6. The molecule has 2 atom stereocenters. The van der Waals surface area contributed by atoms with Gasteiger partial charge in [-0.3, -0.25) is 4.79 Å². The third-order valence-corrected chi connectivity index (χ3v) is 4.92. The van der Waals surface area contributed by atoms with E-state index in [9.17, 15) is 4.79 Å². The summed E-state index contributed by atoms with van der Waals surface area (Å²) < 4.78 is 0. The first-order valence-electron chi connectivity index (χ1n) is 6.29. The number of benzene rings is 1. The molecule has 2 rings (SSSR count). The smallest absolute Gasteiger partial charge is 0.256 e. The molecule has 18 heavy (non-hydrogen) atoms. The Balaban J connectivity index is 2.27. The molecule has 1 saturated heterocycles. The highest BCUT2D eigenvalue weighted by atomic mass is 32.2. The van der Waals surface area contributed by atoms with Gasteiger partial charge in [-0.1, -0.05) is 18.6 Å². The van der Waals surface area contributed by atoms with Crippen LogP contribution in [0, 0.1) is 6.92 Å². The molecule has 0 aliphatic carbocycles. The van der Waals surface area contributed by atoms with Gasteiger partial charge in [0.1, 0.15) is 0 Å². The van der Waals surface area contributed by atoms with E-state index in [-0.39, 0.29) is 11.9 Å². The summed E-state index contributed by atoms with van der Waals surface area (Å²) in [5, 5.41) is 0.480. The Bertz CT molecular complexity index is 461. The van der Waals surface area contributed by atoms with E-state index in [0.717, 1.165) is 17.9 Å². The molecule has 1 fully saturated rings. The van der Waals surface area contributed by atoms with E-state index < -0.39 is 0 Å². The van der Waals surface area contributed by atoms with Gasteiger partial charge in [0.25, 0.3) is 5.91 Å². The maximum atomic E-state index is 12.6. The van der Waals surface area contributed by atoms with Gasteiger partial charge < -0.3 is 10.6 Å². The second-order valence-electron chi connectivity index (χ2n) is 4.91. The summed E-state index contributed by atoms with van der Waals surface area (Å²) >= 11 is 1.92. The zero-order chi connectivity index (χ0) is 13.3. The van der Waals surface area contributed by atoms with E-state index >= 15 is 0 Å². The molecule has 2 unspecified atom stereocenters. The Kier molecular flexibility index (Phi) is 3.85. The highest BCUT2D eigenvalue weighted by Gasteiger charge is 2.30. The predicted molar refractivity (Wildman–Crippen MR) is 78.0 cm³/mol. The lowest BCUT2D eigenvalue weighted by molar-refractivity contribution is 0.0699. The van der Waals surface area contributed by atoms with Crippen LogP contribution in [-0.2, 0) is 0 Å². The largest absolute Gasteiger partial charge is 0.398 e. The molecule has 1 aliphatic heterocycles.